The third-order valence-electron chi connectivity index (χ3n) is 4.52. The molecule has 0 spiro atoms. The normalized spacial score (nSPS) is 24.9. The van der Waals surface area contributed by atoms with Crippen molar-refractivity contribution in [1.82, 2.24) is 10.2 Å². The first-order valence-corrected chi connectivity index (χ1v) is 8.09. The van der Waals surface area contributed by atoms with Crippen molar-refractivity contribution in [3.8, 4) is 6.07 Å². The Hall–Kier alpha value is -1.61. The number of carbonyl (C=O) groups excluding carboxylic acids is 2. The first-order chi connectivity index (χ1) is 10.5. The molecule has 1 saturated carbocycles. The molecule has 0 bridgehead atoms. The zero-order chi connectivity index (χ0) is 16.2. The van der Waals surface area contributed by atoms with Crippen LogP contribution in [-0.2, 0) is 14.3 Å². The second-order valence-corrected chi connectivity index (χ2v) is 6.46. The lowest BCUT2D eigenvalue weighted by Crippen LogP contribution is -2.51. The molecule has 0 aromatic heterocycles. The van der Waals surface area contributed by atoms with E-state index >= 15 is 0 Å². The van der Waals surface area contributed by atoms with Crippen LogP contribution in [0.15, 0.2) is 0 Å². The zero-order valence-corrected chi connectivity index (χ0v) is 13.4. The van der Waals surface area contributed by atoms with E-state index in [0.717, 1.165) is 32.2 Å². The minimum absolute atomic E-state index is 0.138. The van der Waals surface area contributed by atoms with Crippen LogP contribution in [0.5, 0.6) is 0 Å². The summed E-state index contributed by atoms with van der Waals surface area (Å²) in [6.45, 7) is 5.57. The van der Waals surface area contributed by atoms with Crippen LogP contribution in [0.1, 0.15) is 39.5 Å². The number of rotatable bonds is 6. The average molecular weight is 307 g/mol. The van der Waals surface area contributed by atoms with Gasteiger partial charge in [-0.25, -0.2) is 0 Å². The van der Waals surface area contributed by atoms with Crippen molar-refractivity contribution in [3.05, 3.63) is 0 Å². The molecule has 2 aliphatic rings. The van der Waals surface area contributed by atoms with Crippen molar-refractivity contribution in [2.75, 3.05) is 26.2 Å². The summed E-state index contributed by atoms with van der Waals surface area (Å²) in [5.41, 5.74) is -0.757. The first-order valence-electron chi connectivity index (χ1n) is 8.09. The summed E-state index contributed by atoms with van der Waals surface area (Å²) in [6, 6.07) is 2.23. The first kappa shape index (κ1) is 16.8. The zero-order valence-electron chi connectivity index (χ0n) is 13.4. The van der Waals surface area contributed by atoms with Crippen molar-refractivity contribution >= 4 is 11.9 Å². The van der Waals surface area contributed by atoms with Gasteiger partial charge in [0, 0.05) is 6.54 Å². The van der Waals surface area contributed by atoms with Crippen molar-refractivity contribution in [2.45, 2.75) is 45.1 Å². The number of nitrogens with zero attached hydrogens (tertiary/aromatic N) is 2. The van der Waals surface area contributed by atoms with Gasteiger partial charge in [0.1, 0.15) is 5.54 Å². The standard InChI is InChI=1S/C16H25N3O3/c1-3-22-15(21)12-5-4-8-19(9-12)10-14(20)18-16(2,11-17)13-6-7-13/h12-13H,3-10H2,1-2H3,(H,18,20)/t12-,16-/m0/s1. The number of ether oxygens (including phenoxy) is 1. The molecule has 6 nitrogen and oxygen atoms in total. The third kappa shape index (κ3) is 4.20. The summed E-state index contributed by atoms with van der Waals surface area (Å²) in [5.74, 6) is -0.185. The van der Waals surface area contributed by atoms with Gasteiger partial charge in [-0.2, -0.15) is 5.26 Å². The number of hydrogen-bond donors (Lipinski definition) is 1. The molecular formula is C16H25N3O3. The van der Waals surface area contributed by atoms with Gasteiger partial charge < -0.3 is 10.1 Å². The molecule has 1 saturated heterocycles. The topological polar surface area (TPSA) is 82.4 Å². The summed E-state index contributed by atoms with van der Waals surface area (Å²) in [4.78, 5) is 26.0. The Morgan fingerprint density at radius 2 is 2.14 bits per heavy atom. The molecule has 1 aliphatic carbocycles. The molecular weight excluding hydrogens is 282 g/mol. The molecule has 1 N–H and O–H groups in total. The number of nitrogens with one attached hydrogen (secondary N) is 1. The summed E-state index contributed by atoms with van der Waals surface area (Å²) < 4.78 is 5.06. The molecule has 2 fully saturated rings. The highest BCUT2D eigenvalue weighted by molar-refractivity contribution is 5.79. The molecule has 1 amide bonds. The second-order valence-electron chi connectivity index (χ2n) is 6.46. The lowest BCUT2D eigenvalue weighted by atomic mass is 9.97. The van der Waals surface area contributed by atoms with Gasteiger partial charge in [-0.15, -0.1) is 0 Å². The maximum absolute atomic E-state index is 12.2. The van der Waals surface area contributed by atoms with Crippen molar-refractivity contribution in [3.63, 3.8) is 0 Å². The molecule has 122 valence electrons. The number of nitriles is 1. The van der Waals surface area contributed by atoms with Gasteiger partial charge >= 0.3 is 5.97 Å². The molecule has 1 heterocycles. The molecule has 6 heteroatoms. The third-order valence-corrected chi connectivity index (χ3v) is 4.52. The van der Waals surface area contributed by atoms with Crippen LogP contribution >= 0.6 is 0 Å². The quantitative estimate of drug-likeness (QED) is 0.742. The summed E-state index contributed by atoms with van der Waals surface area (Å²) in [6.07, 6.45) is 3.70. The van der Waals surface area contributed by atoms with E-state index in [0.29, 0.717) is 13.2 Å². The highest BCUT2D eigenvalue weighted by atomic mass is 16.5. The van der Waals surface area contributed by atoms with Crippen molar-refractivity contribution < 1.29 is 14.3 Å². The van der Waals surface area contributed by atoms with E-state index < -0.39 is 5.54 Å². The van der Waals surface area contributed by atoms with E-state index in [1.165, 1.54) is 0 Å². The van der Waals surface area contributed by atoms with E-state index in [-0.39, 0.29) is 30.3 Å². The molecule has 2 rings (SSSR count). The Bertz CT molecular complexity index is 470. The number of hydrogen-bond acceptors (Lipinski definition) is 5. The summed E-state index contributed by atoms with van der Waals surface area (Å²) in [7, 11) is 0. The van der Waals surface area contributed by atoms with Crippen LogP contribution in [0.3, 0.4) is 0 Å². The van der Waals surface area contributed by atoms with Crippen molar-refractivity contribution in [1.29, 1.82) is 5.26 Å². The van der Waals surface area contributed by atoms with Crippen LogP contribution in [-0.4, -0.2) is 48.6 Å². The van der Waals surface area contributed by atoms with Gasteiger partial charge in [-0.3, -0.25) is 14.5 Å². The lowest BCUT2D eigenvalue weighted by molar-refractivity contribution is -0.150. The minimum atomic E-state index is -0.757. The summed E-state index contributed by atoms with van der Waals surface area (Å²) in [5, 5.41) is 12.1. The van der Waals surface area contributed by atoms with Crippen LogP contribution in [0.4, 0.5) is 0 Å². The maximum Gasteiger partial charge on any atom is 0.310 e. The van der Waals surface area contributed by atoms with Crippen molar-refractivity contribution in [2.24, 2.45) is 11.8 Å². The fourth-order valence-electron chi connectivity index (χ4n) is 3.07. The predicted octanol–water partition coefficient (Wildman–Crippen LogP) is 1.07. The second kappa shape index (κ2) is 7.10. The van der Waals surface area contributed by atoms with Crippen LogP contribution in [0, 0.1) is 23.2 Å². The minimum Gasteiger partial charge on any atom is -0.466 e. The Kier molecular flexibility index (Phi) is 5.41. The van der Waals surface area contributed by atoms with Gasteiger partial charge in [0.05, 0.1) is 25.1 Å². The number of amides is 1. The molecule has 0 aromatic rings. The van der Waals surface area contributed by atoms with Gasteiger partial charge in [0.15, 0.2) is 0 Å². The van der Waals surface area contributed by atoms with Crippen LogP contribution in [0.2, 0.25) is 0 Å². The molecule has 2 atom stereocenters. The number of carbonyl (C=O) groups is 2. The smallest absolute Gasteiger partial charge is 0.310 e. The highest BCUT2D eigenvalue weighted by Gasteiger charge is 2.43. The number of likely N-dealkylation sites (tertiary alicyclic amines) is 1. The molecule has 22 heavy (non-hydrogen) atoms. The Morgan fingerprint density at radius 1 is 1.41 bits per heavy atom. The lowest BCUT2D eigenvalue weighted by Gasteiger charge is -2.32. The van der Waals surface area contributed by atoms with Gasteiger partial charge in [-0.1, -0.05) is 0 Å². The number of esters is 1. The Labute approximate surface area is 131 Å². The maximum atomic E-state index is 12.2. The van der Waals surface area contributed by atoms with Gasteiger partial charge in [0.2, 0.25) is 5.91 Å². The fraction of sp³-hybridized carbons (Fsp3) is 0.812. The van der Waals surface area contributed by atoms with Gasteiger partial charge in [0.25, 0.3) is 0 Å². The van der Waals surface area contributed by atoms with Crippen LogP contribution < -0.4 is 5.32 Å². The van der Waals surface area contributed by atoms with E-state index in [1.807, 2.05) is 4.90 Å². The predicted molar refractivity (Wildman–Crippen MR) is 80.7 cm³/mol. The average Bonchev–Trinajstić information content (AvgIpc) is 3.32. The summed E-state index contributed by atoms with van der Waals surface area (Å²) >= 11 is 0. The molecule has 1 aliphatic heterocycles. The molecule has 0 radical (unpaired) electrons. The van der Waals surface area contributed by atoms with E-state index in [1.54, 1.807) is 13.8 Å². The fourth-order valence-corrected chi connectivity index (χ4v) is 3.07. The molecule has 0 aromatic carbocycles. The molecule has 0 unspecified atom stereocenters. The SMILES string of the molecule is CCOC(=O)[C@H]1CCCN(CC(=O)N[C@@](C)(C#N)C2CC2)C1. The highest BCUT2D eigenvalue weighted by Crippen LogP contribution is 2.39. The van der Waals surface area contributed by atoms with E-state index in [2.05, 4.69) is 11.4 Å². The number of piperidine rings is 1. The van der Waals surface area contributed by atoms with Gasteiger partial charge in [-0.05, 0) is 52.0 Å². The largest absolute Gasteiger partial charge is 0.466 e. The van der Waals surface area contributed by atoms with Crippen LogP contribution in [0.25, 0.3) is 0 Å². The van der Waals surface area contributed by atoms with E-state index in [9.17, 15) is 14.9 Å². The Morgan fingerprint density at radius 3 is 2.73 bits per heavy atom. The van der Waals surface area contributed by atoms with E-state index in [4.69, 9.17) is 4.74 Å². The Balaban J connectivity index is 1.83. The monoisotopic (exact) mass is 307 g/mol.